The predicted octanol–water partition coefficient (Wildman–Crippen LogP) is 3.80. The summed E-state index contributed by atoms with van der Waals surface area (Å²) in [4.78, 5) is 27.0. The summed E-state index contributed by atoms with van der Waals surface area (Å²) in [6.45, 7) is 2.17. The molecule has 1 fully saturated rings. The molecule has 1 saturated heterocycles. The second-order valence-corrected chi connectivity index (χ2v) is 9.77. The van der Waals surface area contributed by atoms with Gasteiger partial charge in [-0.3, -0.25) is 14.3 Å². The summed E-state index contributed by atoms with van der Waals surface area (Å²) >= 11 is 0. The molecule has 1 aliphatic heterocycles. The molecule has 3 aromatic carbocycles. The molecule has 1 aliphatic rings. The highest BCUT2D eigenvalue weighted by Gasteiger charge is 2.35. The van der Waals surface area contributed by atoms with Crippen LogP contribution in [0.1, 0.15) is 12.0 Å². The number of ether oxygens (including phenoxy) is 1. The number of nitrogens with one attached hydrogen (secondary N) is 2. The Balaban J connectivity index is 1.37. The number of carbonyl (C=O) groups excluding carboxylic acids is 2. The summed E-state index contributed by atoms with van der Waals surface area (Å²) in [6, 6.07) is 20.0. The highest BCUT2D eigenvalue weighted by Crippen LogP contribution is 2.28. The molecule has 0 bridgehead atoms. The van der Waals surface area contributed by atoms with Crippen molar-refractivity contribution in [3.05, 3.63) is 78.4 Å². The molecule has 3 aromatic rings. The first-order valence-electron chi connectivity index (χ1n) is 10.7. The maximum absolute atomic E-state index is 12.7. The minimum Gasteiger partial charge on any atom is -0.497 e. The molecule has 0 radical (unpaired) electrons. The fourth-order valence-corrected chi connectivity index (χ4v) is 4.75. The minimum absolute atomic E-state index is 0.117. The lowest BCUT2D eigenvalue weighted by atomic mass is 10.1. The van der Waals surface area contributed by atoms with Crippen LogP contribution in [0.25, 0.3) is 0 Å². The van der Waals surface area contributed by atoms with Gasteiger partial charge in [-0.05, 0) is 67.6 Å². The Kier molecular flexibility index (Phi) is 6.56. The third-order valence-electron chi connectivity index (χ3n) is 5.62. The average Bonchev–Trinajstić information content (AvgIpc) is 3.22. The van der Waals surface area contributed by atoms with E-state index in [4.69, 9.17) is 4.74 Å². The molecule has 2 amide bonds. The van der Waals surface area contributed by atoms with Gasteiger partial charge in [-0.2, -0.15) is 0 Å². The molecule has 176 valence electrons. The topological polar surface area (TPSA) is 105 Å². The van der Waals surface area contributed by atoms with Crippen LogP contribution in [0.5, 0.6) is 5.75 Å². The zero-order valence-electron chi connectivity index (χ0n) is 18.8. The monoisotopic (exact) mass is 479 g/mol. The number of hydrogen-bond acceptors (Lipinski definition) is 5. The summed E-state index contributed by atoms with van der Waals surface area (Å²) in [5, 5.41) is 2.81. The number of amides is 2. The van der Waals surface area contributed by atoms with Crippen molar-refractivity contribution in [3.63, 3.8) is 0 Å². The Morgan fingerprint density at radius 3 is 2.18 bits per heavy atom. The summed E-state index contributed by atoms with van der Waals surface area (Å²) in [7, 11) is -2.14. The normalized spacial score (nSPS) is 15.8. The fourth-order valence-electron chi connectivity index (χ4n) is 3.69. The smallest absolute Gasteiger partial charge is 0.261 e. The first-order valence-corrected chi connectivity index (χ1v) is 12.2. The van der Waals surface area contributed by atoms with E-state index >= 15 is 0 Å². The highest BCUT2D eigenvalue weighted by molar-refractivity contribution is 7.92. The average molecular weight is 480 g/mol. The van der Waals surface area contributed by atoms with E-state index in [0.29, 0.717) is 22.8 Å². The van der Waals surface area contributed by atoms with E-state index < -0.39 is 15.9 Å². The van der Waals surface area contributed by atoms with E-state index in [1.54, 1.807) is 84.8 Å². The zero-order valence-corrected chi connectivity index (χ0v) is 19.6. The van der Waals surface area contributed by atoms with E-state index in [0.717, 1.165) is 5.56 Å². The molecule has 0 aliphatic carbocycles. The number of anilines is 3. The highest BCUT2D eigenvalue weighted by atomic mass is 32.2. The number of aryl methyl sites for hydroxylation is 1. The van der Waals surface area contributed by atoms with Gasteiger partial charge in [0.05, 0.1) is 17.9 Å². The third-order valence-corrected chi connectivity index (χ3v) is 7.01. The number of sulfonamides is 1. The largest absolute Gasteiger partial charge is 0.497 e. The second-order valence-electron chi connectivity index (χ2n) is 8.09. The van der Waals surface area contributed by atoms with E-state index in [1.807, 2.05) is 6.92 Å². The first kappa shape index (κ1) is 23.3. The van der Waals surface area contributed by atoms with E-state index in [9.17, 15) is 18.0 Å². The molecular formula is C25H25N3O5S. The summed E-state index contributed by atoms with van der Waals surface area (Å²) in [5.74, 6) is -0.188. The van der Waals surface area contributed by atoms with Crippen LogP contribution in [0.15, 0.2) is 77.7 Å². The molecule has 1 atom stereocenters. The van der Waals surface area contributed by atoms with E-state index in [1.165, 1.54) is 0 Å². The number of methoxy groups -OCH3 is 1. The lowest BCUT2D eigenvalue weighted by Gasteiger charge is -2.17. The van der Waals surface area contributed by atoms with Crippen LogP contribution in [0.3, 0.4) is 0 Å². The third kappa shape index (κ3) is 5.20. The molecule has 4 rings (SSSR count). The van der Waals surface area contributed by atoms with Gasteiger partial charge in [0.25, 0.3) is 10.0 Å². The minimum atomic E-state index is -3.71. The van der Waals surface area contributed by atoms with Crippen LogP contribution in [0, 0.1) is 12.8 Å². The first-order chi connectivity index (χ1) is 16.2. The summed E-state index contributed by atoms with van der Waals surface area (Å²) in [5.41, 5.74) is 2.57. The number of rotatable bonds is 7. The van der Waals surface area contributed by atoms with E-state index in [2.05, 4.69) is 10.0 Å². The lowest BCUT2D eigenvalue weighted by molar-refractivity contribution is -0.122. The Hall–Kier alpha value is -3.85. The maximum Gasteiger partial charge on any atom is 0.261 e. The molecule has 0 saturated carbocycles. The van der Waals surface area contributed by atoms with Gasteiger partial charge < -0.3 is 15.0 Å². The molecule has 0 spiro atoms. The van der Waals surface area contributed by atoms with Gasteiger partial charge in [-0.25, -0.2) is 8.42 Å². The number of nitrogens with zero attached hydrogens (tertiary/aromatic N) is 1. The summed E-state index contributed by atoms with van der Waals surface area (Å²) < 4.78 is 32.7. The quantitative estimate of drug-likeness (QED) is 0.536. The standard InChI is InChI=1S/C25H25N3O5S/c1-17-3-13-23(14-4-17)34(31,32)27-20-7-5-19(6-8-20)26-25(30)18-15-24(29)28(16-18)21-9-11-22(33-2)12-10-21/h3-14,18,27H,15-16H2,1-2H3,(H,26,30). The van der Waals surface area contributed by atoms with Crippen LogP contribution in [0.2, 0.25) is 0 Å². The van der Waals surface area contributed by atoms with Gasteiger partial charge in [-0.15, -0.1) is 0 Å². The van der Waals surface area contributed by atoms with Crippen molar-refractivity contribution in [1.82, 2.24) is 0 Å². The van der Waals surface area contributed by atoms with Crippen molar-refractivity contribution in [2.24, 2.45) is 5.92 Å². The number of hydrogen-bond donors (Lipinski definition) is 2. The van der Waals surface area contributed by atoms with Crippen molar-refractivity contribution in [2.45, 2.75) is 18.2 Å². The van der Waals surface area contributed by atoms with Crippen molar-refractivity contribution in [2.75, 3.05) is 28.6 Å². The molecule has 0 aromatic heterocycles. The van der Waals surface area contributed by atoms with Crippen LogP contribution in [-0.4, -0.2) is 33.9 Å². The van der Waals surface area contributed by atoms with Crippen LogP contribution >= 0.6 is 0 Å². The number of carbonyl (C=O) groups is 2. The van der Waals surface area contributed by atoms with Gasteiger partial charge in [0, 0.05) is 30.0 Å². The molecule has 1 unspecified atom stereocenters. The van der Waals surface area contributed by atoms with E-state index in [-0.39, 0.29) is 29.7 Å². The maximum atomic E-state index is 12.7. The Morgan fingerprint density at radius 1 is 0.941 bits per heavy atom. The van der Waals surface area contributed by atoms with Crippen LogP contribution < -0.4 is 19.7 Å². The predicted molar refractivity (Wildman–Crippen MR) is 131 cm³/mol. The van der Waals surface area contributed by atoms with Gasteiger partial charge in [0.1, 0.15) is 5.75 Å². The van der Waals surface area contributed by atoms with Crippen molar-refractivity contribution >= 4 is 38.9 Å². The molecule has 8 nitrogen and oxygen atoms in total. The van der Waals surface area contributed by atoms with Crippen LogP contribution in [0.4, 0.5) is 17.1 Å². The van der Waals surface area contributed by atoms with Gasteiger partial charge >= 0.3 is 0 Å². The lowest BCUT2D eigenvalue weighted by Crippen LogP contribution is -2.28. The zero-order chi connectivity index (χ0) is 24.3. The molecule has 34 heavy (non-hydrogen) atoms. The Bertz CT molecular complexity index is 1290. The summed E-state index contributed by atoms with van der Waals surface area (Å²) in [6.07, 6.45) is 0.117. The number of benzene rings is 3. The van der Waals surface area contributed by atoms with Crippen molar-refractivity contribution < 1.29 is 22.7 Å². The Labute approximate surface area is 198 Å². The van der Waals surface area contributed by atoms with Crippen LogP contribution in [-0.2, 0) is 19.6 Å². The molecule has 9 heteroatoms. The fraction of sp³-hybridized carbons (Fsp3) is 0.200. The molecular weight excluding hydrogens is 454 g/mol. The van der Waals surface area contributed by atoms with Gasteiger partial charge in [-0.1, -0.05) is 17.7 Å². The van der Waals surface area contributed by atoms with Crippen molar-refractivity contribution in [1.29, 1.82) is 0 Å². The second kappa shape index (κ2) is 9.56. The molecule has 1 heterocycles. The van der Waals surface area contributed by atoms with Crippen molar-refractivity contribution in [3.8, 4) is 5.75 Å². The Morgan fingerprint density at radius 2 is 1.56 bits per heavy atom. The van der Waals surface area contributed by atoms with Gasteiger partial charge in [0.2, 0.25) is 11.8 Å². The molecule has 2 N–H and O–H groups in total. The van der Waals surface area contributed by atoms with Gasteiger partial charge in [0.15, 0.2) is 0 Å². The SMILES string of the molecule is COc1ccc(N2CC(C(=O)Nc3ccc(NS(=O)(=O)c4ccc(C)cc4)cc3)CC2=O)cc1.